The van der Waals surface area contributed by atoms with Crippen molar-refractivity contribution in [1.82, 2.24) is 25.4 Å². The van der Waals surface area contributed by atoms with E-state index in [1.807, 2.05) is 43.4 Å². The largest absolute Gasteiger partial charge is 0.469 e. The Morgan fingerprint density at radius 3 is 2.43 bits per heavy atom. The van der Waals surface area contributed by atoms with Crippen LogP contribution in [-0.4, -0.2) is 90.5 Å². The van der Waals surface area contributed by atoms with Gasteiger partial charge >= 0.3 is 0 Å². The normalized spacial score (nSPS) is 21.9. The first-order chi connectivity index (χ1) is 17.9. The summed E-state index contributed by atoms with van der Waals surface area (Å²) < 4.78 is 5.45. The maximum Gasteiger partial charge on any atom is 0.200 e. The van der Waals surface area contributed by atoms with Gasteiger partial charge < -0.3 is 30.7 Å². The van der Waals surface area contributed by atoms with Gasteiger partial charge in [0.15, 0.2) is 11.9 Å². The monoisotopic (exact) mass is 509 g/mol. The Balaban J connectivity index is 1.35. The van der Waals surface area contributed by atoms with Crippen molar-refractivity contribution in [3.8, 4) is 0 Å². The molecule has 4 heterocycles. The molecular weight excluding hydrogens is 470 g/mol. The summed E-state index contributed by atoms with van der Waals surface area (Å²) in [7, 11) is 3.99. The third-order valence-electron chi connectivity index (χ3n) is 6.62. The van der Waals surface area contributed by atoms with E-state index in [4.69, 9.17) is 30.9 Å². The number of likely N-dealkylation sites (N-methyl/N-ethyl adjacent to an activating group) is 2. The Hall–Kier alpha value is -3.96. The highest BCUT2D eigenvalue weighted by molar-refractivity contribution is 5.99. The fourth-order valence-electron chi connectivity index (χ4n) is 4.32. The predicted octanol–water partition coefficient (Wildman–Crippen LogP) is 0.710. The number of hydrogen-bond donors (Lipinski definition) is 5. The number of aromatic nitrogens is 1. The van der Waals surface area contributed by atoms with Crippen molar-refractivity contribution in [3.63, 3.8) is 0 Å². The van der Waals surface area contributed by atoms with Crippen molar-refractivity contribution in [2.24, 2.45) is 31.4 Å². The number of guanidine groups is 4. The molecule has 2 aromatic heterocycles. The van der Waals surface area contributed by atoms with Crippen LogP contribution in [0.25, 0.3) is 0 Å². The summed E-state index contributed by atoms with van der Waals surface area (Å²) in [5.74, 6) is 3.12. The van der Waals surface area contributed by atoms with E-state index in [9.17, 15) is 0 Å². The van der Waals surface area contributed by atoms with Gasteiger partial charge in [0.05, 0.1) is 30.9 Å². The van der Waals surface area contributed by atoms with Gasteiger partial charge in [-0.3, -0.25) is 15.6 Å². The van der Waals surface area contributed by atoms with Gasteiger partial charge in [0.1, 0.15) is 5.76 Å². The second kappa shape index (κ2) is 12.3. The Bertz CT molecular complexity index is 1100. The van der Waals surface area contributed by atoms with Gasteiger partial charge in [0.25, 0.3) is 0 Å². The van der Waals surface area contributed by atoms with Crippen molar-refractivity contribution < 1.29 is 4.42 Å². The zero-order valence-corrected chi connectivity index (χ0v) is 21.9. The minimum atomic E-state index is -0.0605. The zero-order chi connectivity index (χ0) is 26.2. The molecule has 7 N–H and O–H groups in total. The van der Waals surface area contributed by atoms with Crippen molar-refractivity contribution in [3.05, 3.63) is 48.2 Å². The van der Waals surface area contributed by atoms with E-state index in [1.54, 1.807) is 6.26 Å². The molecule has 3 unspecified atom stereocenters. The first kappa shape index (κ1) is 26.1. The van der Waals surface area contributed by atoms with E-state index in [0.717, 1.165) is 50.5 Å². The molecule has 0 bridgehead atoms. The molecule has 2 aliphatic rings. The summed E-state index contributed by atoms with van der Waals surface area (Å²) >= 11 is 0. The lowest BCUT2D eigenvalue weighted by atomic mass is 10.0. The fourth-order valence-corrected chi connectivity index (χ4v) is 4.32. The Morgan fingerprint density at radius 1 is 0.946 bits per heavy atom. The van der Waals surface area contributed by atoms with Crippen LogP contribution in [0.5, 0.6) is 0 Å². The summed E-state index contributed by atoms with van der Waals surface area (Å²) in [6.45, 7) is 4.13. The number of aliphatic imine (C=N–C) groups is 4. The predicted molar refractivity (Wildman–Crippen MR) is 148 cm³/mol. The molecule has 12 heteroatoms. The number of nitrogens with two attached hydrogens (primary N) is 2. The van der Waals surface area contributed by atoms with E-state index in [-0.39, 0.29) is 18.1 Å². The lowest BCUT2D eigenvalue weighted by molar-refractivity contribution is 0.438. The van der Waals surface area contributed by atoms with Crippen LogP contribution in [0.1, 0.15) is 31.2 Å². The molecule has 2 aliphatic heterocycles. The number of nitrogens with zero attached hydrogens (tertiary/aromatic N) is 6. The molecule has 12 nitrogen and oxygen atoms in total. The molecule has 0 aliphatic carbocycles. The van der Waals surface area contributed by atoms with Crippen LogP contribution in [0.4, 0.5) is 0 Å². The summed E-state index contributed by atoms with van der Waals surface area (Å²) in [6.07, 6.45) is 6.84. The zero-order valence-electron chi connectivity index (χ0n) is 21.9. The van der Waals surface area contributed by atoms with E-state index in [0.29, 0.717) is 24.4 Å². The SMILES string of the molecule is CC1N=C(N(C)CCc2ccc[nH]2)NC(N)=NC1CCC1CN=C(N)NC(N(C)CCc2ccco2)=N1. The van der Waals surface area contributed by atoms with Crippen LogP contribution in [-0.2, 0) is 12.8 Å². The number of H-pyrrole nitrogens is 1. The lowest BCUT2D eigenvalue weighted by Crippen LogP contribution is -2.45. The number of aromatic amines is 1. The van der Waals surface area contributed by atoms with Crippen molar-refractivity contribution in [2.75, 3.05) is 33.7 Å². The van der Waals surface area contributed by atoms with Crippen LogP contribution < -0.4 is 22.1 Å². The van der Waals surface area contributed by atoms with Crippen LogP contribution in [0.15, 0.2) is 61.1 Å². The van der Waals surface area contributed by atoms with E-state index < -0.39 is 0 Å². The second-order valence-electron chi connectivity index (χ2n) is 9.55. The summed E-state index contributed by atoms with van der Waals surface area (Å²) in [5, 5.41) is 6.30. The fraction of sp³-hybridized carbons (Fsp3) is 0.520. The van der Waals surface area contributed by atoms with Gasteiger partial charge in [-0.2, -0.15) is 0 Å². The van der Waals surface area contributed by atoms with Gasteiger partial charge in [-0.1, -0.05) is 0 Å². The van der Waals surface area contributed by atoms with Gasteiger partial charge in [-0.05, 0) is 44.0 Å². The lowest BCUT2D eigenvalue weighted by Gasteiger charge is -2.23. The molecule has 2 aromatic rings. The number of hydrogen-bond acceptors (Lipinski definition) is 11. The third kappa shape index (κ3) is 7.51. The quantitative estimate of drug-likeness (QED) is 0.333. The van der Waals surface area contributed by atoms with Crippen LogP contribution in [0.3, 0.4) is 0 Å². The Morgan fingerprint density at radius 2 is 1.70 bits per heavy atom. The molecule has 0 saturated heterocycles. The van der Waals surface area contributed by atoms with Gasteiger partial charge in [-0.25, -0.2) is 15.0 Å². The molecule has 4 rings (SSSR count). The van der Waals surface area contributed by atoms with E-state index >= 15 is 0 Å². The standard InChI is InChI=1S/C25H39N11O/c1-17-21(32-23(27)34-24(30-17)35(2)13-10-18-6-4-12-28-18)9-8-19-16-29-22(26)33-25(31-19)36(3)14-11-20-7-5-15-37-20/h4-7,12,15,17,19,21,28H,8-11,13-14,16H2,1-3H3,(H3,26,29,31,33)(H3,27,30,32,34). The number of nitrogens with one attached hydrogen (secondary N) is 3. The second-order valence-corrected chi connectivity index (χ2v) is 9.55. The minimum absolute atomic E-state index is 0.0265. The average molecular weight is 510 g/mol. The molecule has 37 heavy (non-hydrogen) atoms. The third-order valence-corrected chi connectivity index (χ3v) is 6.62. The van der Waals surface area contributed by atoms with Crippen molar-refractivity contribution in [2.45, 2.75) is 50.7 Å². The Labute approximate surface area is 218 Å². The van der Waals surface area contributed by atoms with Crippen LogP contribution in [0.2, 0.25) is 0 Å². The smallest absolute Gasteiger partial charge is 0.200 e. The summed E-state index contributed by atoms with van der Waals surface area (Å²) in [4.78, 5) is 26.4. The van der Waals surface area contributed by atoms with Crippen molar-refractivity contribution in [1.29, 1.82) is 0 Å². The molecule has 0 saturated carbocycles. The van der Waals surface area contributed by atoms with Crippen LogP contribution >= 0.6 is 0 Å². The number of rotatable bonds is 9. The number of furan rings is 1. The summed E-state index contributed by atoms with van der Waals surface area (Å²) in [5.41, 5.74) is 13.5. The van der Waals surface area contributed by atoms with Gasteiger partial charge in [0.2, 0.25) is 11.9 Å². The minimum Gasteiger partial charge on any atom is -0.469 e. The van der Waals surface area contributed by atoms with Crippen LogP contribution in [0, 0.1) is 0 Å². The molecule has 3 atom stereocenters. The molecular formula is C25H39N11O. The Kier molecular flexibility index (Phi) is 8.70. The van der Waals surface area contributed by atoms with Gasteiger partial charge in [0, 0.05) is 51.9 Å². The molecule has 0 radical (unpaired) electrons. The molecule has 0 aromatic carbocycles. The topological polar surface area (TPSA) is 161 Å². The van der Waals surface area contributed by atoms with Gasteiger partial charge in [-0.15, -0.1) is 0 Å². The maximum atomic E-state index is 6.23. The average Bonchev–Trinajstić information content (AvgIpc) is 3.53. The first-order valence-corrected chi connectivity index (χ1v) is 12.8. The van der Waals surface area contributed by atoms with Crippen molar-refractivity contribution >= 4 is 23.8 Å². The van der Waals surface area contributed by atoms with E-state index in [1.165, 1.54) is 5.69 Å². The molecule has 0 amide bonds. The van der Waals surface area contributed by atoms with E-state index in [2.05, 4.69) is 38.5 Å². The highest BCUT2D eigenvalue weighted by atomic mass is 16.3. The highest BCUT2D eigenvalue weighted by Gasteiger charge is 2.25. The molecule has 0 fully saturated rings. The molecule has 0 spiro atoms. The molecule has 200 valence electrons. The first-order valence-electron chi connectivity index (χ1n) is 12.8. The highest BCUT2D eigenvalue weighted by Crippen LogP contribution is 2.17. The maximum absolute atomic E-state index is 6.23. The summed E-state index contributed by atoms with van der Waals surface area (Å²) in [6, 6.07) is 7.83.